The fourth-order valence-corrected chi connectivity index (χ4v) is 2.42. The predicted molar refractivity (Wildman–Crippen MR) is 57.1 cm³/mol. The lowest BCUT2D eigenvalue weighted by atomic mass is 9.79. The highest BCUT2D eigenvalue weighted by Crippen LogP contribution is 2.36. The van der Waals surface area contributed by atoms with Gasteiger partial charge in [0.05, 0.1) is 0 Å². The van der Waals surface area contributed by atoms with Crippen LogP contribution in [0.4, 0.5) is 13.2 Å². The maximum atomic E-state index is 13.5. The maximum Gasteiger partial charge on any atom is 0.194 e. The van der Waals surface area contributed by atoms with Gasteiger partial charge in [0.15, 0.2) is 17.5 Å². The van der Waals surface area contributed by atoms with Gasteiger partial charge in [-0.3, -0.25) is 0 Å². The molecular weight excluding hydrogens is 229 g/mol. The molecule has 1 aromatic carbocycles. The zero-order valence-electron chi connectivity index (χ0n) is 9.26. The third kappa shape index (κ3) is 2.35. The van der Waals surface area contributed by atoms with E-state index in [1.54, 1.807) is 0 Å². The van der Waals surface area contributed by atoms with Crippen LogP contribution in [-0.4, -0.2) is 6.29 Å². The Balaban J connectivity index is 2.19. The summed E-state index contributed by atoms with van der Waals surface area (Å²) < 4.78 is 39.4. The van der Waals surface area contributed by atoms with E-state index in [9.17, 15) is 18.0 Å². The van der Waals surface area contributed by atoms with Crippen molar-refractivity contribution in [3.8, 4) is 0 Å². The Kier molecular flexibility index (Phi) is 3.50. The summed E-state index contributed by atoms with van der Waals surface area (Å²) in [6.45, 7) is 0. The van der Waals surface area contributed by atoms with Crippen LogP contribution >= 0.6 is 0 Å². The van der Waals surface area contributed by atoms with Gasteiger partial charge in [-0.2, -0.15) is 0 Å². The zero-order chi connectivity index (χ0) is 12.4. The molecule has 17 heavy (non-hydrogen) atoms. The number of halogens is 3. The molecule has 0 aromatic heterocycles. The molecule has 4 heteroatoms. The summed E-state index contributed by atoms with van der Waals surface area (Å²) in [6.07, 6.45) is 3.58. The second-order valence-electron chi connectivity index (χ2n) is 4.51. The molecule has 0 unspecified atom stereocenters. The Morgan fingerprint density at radius 3 is 2.24 bits per heavy atom. The number of hydrogen-bond acceptors (Lipinski definition) is 1. The quantitative estimate of drug-likeness (QED) is 0.572. The van der Waals surface area contributed by atoms with Gasteiger partial charge in [0, 0.05) is 5.92 Å². The SMILES string of the molecule is O=CC1CCC(c2ccc(F)c(F)c2F)CC1. The molecule has 2 rings (SSSR count). The number of carbonyl (C=O) groups excluding carboxylic acids is 1. The van der Waals surface area contributed by atoms with Gasteiger partial charge in [0.1, 0.15) is 6.29 Å². The lowest BCUT2D eigenvalue weighted by Crippen LogP contribution is -2.15. The van der Waals surface area contributed by atoms with Gasteiger partial charge in [0.2, 0.25) is 0 Å². The van der Waals surface area contributed by atoms with E-state index in [1.807, 2.05) is 0 Å². The van der Waals surface area contributed by atoms with Crippen molar-refractivity contribution in [3.63, 3.8) is 0 Å². The van der Waals surface area contributed by atoms with Crippen LogP contribution in [0.25, 0.3) is 0 Å². The Hall–Kier alpha value is -1.32. The normalized spacial score (nSPS) is 24.6. The van der Waals surface area contributed by atoms with Gasteiger partial charge in [0.25, 0.3) is 0 Å². The predicted octanol–water partition coefficient (Wildman–Crippen LogP) is 3.58. The summed E-state index contributed by atoms with van der Waals surface area (Å²) in [5, 5.41) is 0. The molecule has 0 radical (unpaired) electrons. The summed E-state index contributed by atoms with van der Waals surface area (Å²) >= 11 is 0. The van der Waals surface area contributed by atoms with E-state index in [1.165, 1.54) is 6.07 Å². The van der Waals surface area contributed by atoms with Crippen molar-refractivity contribution in [2.45, 2.75) is 31.6 Å². The molecule has 1 aromatic rings. The lowest BCUT2D eigenvalue weighted by Gasteiger charge is -2.26. The summed E-state index contributed by atoms with van der Waals surface area (Å²) in [6, 6.07) is 2.26. The van der Waals surface area contributed by atoms with Crippen LogP contribution in [0.3, 0.4) is 0 Å². The van der Waals surface area contributed by atoms with Crippen molar-refractivity contribution in [1.82, 2.24) is 0 Å². The fourth-order valence-electron chi connectivity index (χ4n) is 2.42. The summed E-state index contributed by atoms with van der Waals surface area (Å²) in [7, 11) is 0. The summed E-state index contributed by atoms with van der Waals surface area (Å²) in [4.78, 5) is 10.6. The van der Waals surface area contributed by atoms with Crippen LogP contribution in [-0.2, 0) is 4.79 Å². The molecule has 0 bridgehead atoms. The average molecular weight is 242 g/mol. The summed E-state index contributed by atoms with van der Waals surface area (Å²) in [5.74, 6) is -3.73. The number of aldehydes is 1. The molecule has 1 saturated carbocycles. The van der Waals surface area contributed by atoms with E-state index in [2.05, 4.69) is 0 Å². The highest BCUT2D eigenvalue weighted by atomic mass is 19.2. The highest BCUT2D eigenvalue weighted by molar-refractivity contribution is 5.53. The minimum atomic E-state index is -1.40. The average Bonchev–Trinajstić information content (AvgIpc) is 2.36. The number of carbonyl (C=O) groups is 1. The highest BCUT2D eigenvalue weighted by Gasteiger charge is 2.26. The van der Waals surface area contributed by atoms with E-state index in [0.717, 1.165) is 12.4 Å². The zero-order valence-corrected chi connectivity index (χ0v) is 9.26. The molecule has 92 valence electrons. The second kappa shape index (κ2) is 4.90. The van der Waals surface area contributed by atoms with Gasteiger partial charge in [-0.1, -0.05) is 6.07 Å². The third-order valence-electron chi connectivity index (χ3n) is 3.47. The molecule has 0 aliphatic heterocycles. The molecule has 1 aliphatic rings. The van der Waals surface area contributed by atoms with Crippen molar-refractivity contribution in [2.24, 2.45) is 5.92 Å². The monoisotopic (exact) mass is 242 g/mol. The van der Waals surface area contributed by atoms with Crippen LogP contribution in [0.15, 0.2) is 12.1 Å². The topological polar surface area (TPSA) is 17.1 Å². The molecule has 0 spiro atoms. The Morgan fingerprint density at radius 1 is 1.00 bits per heavy atom. The lowest BCUT2D eigenvalue weighted by molar-refractivity contribution is -0.111. The summed E-state index contributed by atoms with van der Waals surface area (Å²) in [5.41, 5.74) is 0.230. The van der Waals surface area contributed by atoms with Crippen LogP contribution in [0, 0.1) is 23.4 Å². The Morgan fingerprint density at radius 2 is 1.65 bits per heavy atom. The minimum absolute atomic E-state index is 0.0274. The maximum absolute atomic E-state index is 13.5. The molecule has 0 atom stereocenters. The molecule has 0 amide bonds. The molecular formula is C13H13F3O. The standard InChI is InChI=1S/C13H13F3O/c14-11-6-5-10(12(15)13(11)16)9-3-1-8(7-17)2-4-9/h5-9H,1-4H2. The van der Waals surface area contributed by atoms with E-state index in [4.69, 9.17) is 0 Å². The van der Waals surface area contributed by atoms with Crippen molar-refractivity contribution in [3.05, 3.63) is 35.1 Å². The largest absolute Gasteiger partial charge is 0.303 e. The first-order valence-electron chi connectivity index (χ1n) is 5.72. The first-order chi connectivity index (χ1) is 8.13. The fraction of sp³-hybridized carbons (Fsp3) is 0.462. The van der Waals surface area contributed by atoms with E-state index in [0.29, 0.717) is 25.7 Å². The number of hydrogen-bond donors (Lipinski definition) is 0. The second-order valence-corrected chi connectivity index (χ2v) is 4.51. The first-order valence-corrected chi connectivity index (χ1v) is 5.72. The van der Waals surface area contributed by atoms with Crippen LogP contribution < -0.4 is 0 Å². The van der Waals surface area contributed by atoms with E-state index in [-0.39, 0.29) is 17.4 Å². The van der Waals surface area contributed by atoms with Crippen LogP contribution in [0.5, 0.6) is 0 Å². The molecule has 1 nitrogen and oxygen atoms in total. The van der Waals surface area contributed by atoms with Gasteiger partial charge in [-0.05, 0) is 43.2 Å². The Labute approximate surface area is 97.6 Å². The number of rotatable bonds is 2. The minimum Gasteiger partial charge on any atom is -0.303 e. The number of benzene rings is 1. The molecule has 0 N–H and O–H groups in total. The van der Waals surface area contributed by atoms with E-state index >= 15 is 0 Å². The van der Waals surface area contributed by atoms with Gasteiger partial charge >= 0.3 is 0 Å². The molecule has 0 saturated heterocycles. The van der Waals surface area contributed by atoms with Gasteiger partial charge < -0.3 is 4.79 Å². The Bertz CT molecular complexity index is 423. The van der Waals surface area contributed by atoms with Crippen molar-refractivity contribution in [2.75, 3.05) is 0 Å². The van der Waals surface area contributed by atoms with E-state index < -0.39 is 17.5 Å². The molecule has 0 heterocycles. The first kappa shape index (κ1) is 12.1. The molecule has 1 aliphatic carbocycles. The molecule has 1 fully saturated rings. The van der Waals surface area contributed by atoms with Crippen molar-refractivity contribution in [1.29, 1.82) is 0 Å². The smallest absolute Gasteiger partial charge is 0.194 e. The van der Waals surface area contributed by atoms with Gasteiger partial charge in [-0.25, -0.2) is 13.2 Å². The van der Waals surface area contributed by atoms with Crippen LogP contribution in [0.2, 0.25) is 0 Å². The van der Waals surface area contributed by atoms with Crippen molar-refractivity contribution >= 4 is 6.29 Å². The van der Waals surface area contributed by atoms with Crippen molar-refractivity contribution < 1.29 is 18.0 Å². The third-order valence-corrected chi connectivity index (χ3v) is 3.47. The van der Waals surface area contributed by atoms with Gasteiger partial charge in [-0.15, -0.1) is 0 Å². The van der Waals surface area contributed by atoms with Crippen LogP contribution in [0.1, 0.15) is 37.2 Å².